The molecule has 20 heavy (non-hydrogen) atoms. The van der Waals surface area contributed by atoms with Crippen molar-refractivity contribution in [3.8, 4) is 11.6 Å². The van der Waals surface area contributed by atoms with Crippen LogP contribution in [-0.2, 0) is 13.6 Å². The number of nitrogens with zero attached hydrogens (tertiary/aromatic N) is 3. The van der Waals surface area contributed by atoms with Crippen LogP contribution in [-0.4, -0.2) is 14.7 Å². The molecular weight excluding hydrogens is 267 g/mol. The van der Waals surface area contributed by atoms with Crippen LogP contribution in [0.3, 0.4) is 0 Å². The van der Waals surface area contributed by atoms with Gasteiger partial charge in [-0.1, -0.05) is 0 Å². The molecule has 1 aromatic carbocycles. The molecule has 7 nitrogen and oxygen atoms in total. The van der Waals surface area contributed by atoms with Gasteiger partial charge in [0, 0.05) is 19.7 Å². The van der Waals surface area contributed by atoms with Crippen LogP contribution >= 0.6 is 0 Å². The lowest BCUT2D eigenvalue weighted by Crippen LogP contribution is -2.02. The molecule has 2 rings (SSSR count). The summed E-state index contributed by atoms with van der Waals surface area (Å²) in [5.41, 5.74) is 6.61. The molecular formula is C12H13FN4O3. The van der Waals surface area contributed by atoms with Crippen LogP contribution in [0.1, 0.15) is 11.3 Å². The number of nitro groups is 1. The van der Waals surface area contributed by atoms with Crippen molar-refractivity contribution in [3.05, 3.63) is 45.4 Å². The molecule has 0 radical (unpaired) electrons. The molecule has 1 heterocycles. The number of rotatable bonds is 4. The Hall–Kier alpha value is -2.48. The van der Waals surface area contributed by atoms with Crippen molar-refractivity contribution in [2.45, 2.75) is 13.5 Å². The summed E-state index contributed by atoms with van der Waals surface area (Å²) in [5.74, 6) is -0.618. The van der Waals surface area contributed by atoms with Gasteiger partial charge in [0.15, 0.2) is 11.6 Å². The minimum atomic E-state index is -0.818. The number of benzene rings is 1. The quantitative estimate of drug-likeness (QED) is 0.682. The Bertz CT molecular complexity index is 669. The van der Waals surface area contributed by atoms with Gasteiger partial charge in [0.1, 0.15) is 0 Å². The maximum absolute atomic E-state index is 13.8. The average molecular weight is 280 g/mol. The fourth-order valence-corrected chi connectivity index (χ4v) is 1.83. The third kappa shape index (κ3) is 2.45. The third-order valence-electron chi connectivity index (χ3n) is 2.83. The molecule has 1 aromatic heterocycles. The summed E-state index contributed by atoms with van der Waals surface area (Å²) in [6.45, 7) is 1.96. The monoisotopic (exact) mass is 280 g/mol. The first-order valence-corrected chi connectivity index (χ1v) is 5.78. The number of nitrogens with two attached hydrogens (primary N) is 1. The molecule has 0 aliphatic heterocycles. The molecule has 0 saturated carbocycles. The Kier molecular flexibility index (Phi) is 3.66. The number of nitro benzene ring substituents is 1. The van der Waals surface area contributed by atoms with Gasteiger partial charge in [-0.15, -0.1) is 0 Å². The van der Waals surface area contributed by atoms with Crippen LogP contribution in [0.2, 0.25) is 0 Å². The van der Waals surface area contributed by atoms with E-state index >= 15 is 0 Å². The molecule has 2 aromatic rings. The lowest BCUT2D eigenvalue weighted by Gasteiger charge is -2.08. The molecule has 0 atom stereocenters. The Balaban J connectivity index is 2.38. The van der Waals surface area contributed by atoms with Gasteiger partial charge in [0.25, 0.3) is 5.69 Å². The number of aromatic nitrogens is 2. The van der Waals surface area contributed by atoms with Gasteiger partial charge in [-0.3, -0.25) is 10.1 Å². The van der Waals surface area contributed by atoms with E-state index in [4.69, 9.17) is 10.5 Å². The Morgan fingerprint density at radius 3 is 2.80 bits per heavy atom. The molecule has 0 aliphatic carbocycles. The van der Waals surface area contributed by atoms with E-state index in [2.05, 4.69) is 5.10 Å². The molecule has 8 heteroatoms. The minimum absolute atomic E-state index is 0.117. The predicted octanol–water partition coefficient (Wildman–Crippen LogP) is 2.03. The third-order valence-corrected chi connectivity index (χ3v) is 2.83. The van der Waals surface area contributed by atoms with Crippen LogP contribution in [0.25, 0.3) is 0 Å². The van der Waals surface area contributed by atoms with Crippen molar-refractivity contribution in [1.82, 2.24) is 9.78 Å². The Labute approximate surface area is 113 Å². The van der Waals surface area contributed by atoms with Crippen molar-refractivity contribution in [2.75, 3.05) is 0 Å². The highest BCUT2D eigenvalue weighted by molar-refractivity contribution is 5.41. The van der Waals surface area contributed by atoms with E-state index in [1.807, 2.05) is 0 Å². The topological polar surface area (TPSA) is 96.2 Å². The van der Waals surface area contributed by atoms with Crippen LogP contribution in [0, 0.1) is 22.9 Å². The van der Waals surface area contributed by atoms with E-state index in [9.17, 15) is 14.5 Å². The van der Waals surface area contributed by atoms with Crippen molar-refractivity contribution in [2.24, 2.45) is 12.8 Å². The van der Waals surface area contributed by atoms with Gasteiger partial charge >= 0.3 is 0 Å². The zero-order valence-electron chi connectivity index (χ0n) is 11.0. The standard InChI is InChI=1S/C12H13FN4O3/c1-7-9(6-14)12(16(2)15-7)20-11-4-3-8(17(18)19)5-10(11)13/h3-5H,6,14H2,1-2H3. The summed E-state index contributed by atoms with van der Waals surface area (Å²) in [6.07, 6.45) is 0. The molecule has 0 fully saturated rings. The maximum atomic E-state index is 13.8. The van der Waals surface area contributed by atoms with Crippen LogP contribution in [0.4, 0.5) is 10.1 Å². The molecule has 2 N–H and O–H groups in total. The predicted molar refractivity (Wildman–Crippen MR) is 69.0 cm³/mol. The van der Waals surface area contributed by atoms with Crippen LogP contribution in [0.5, 0.6) is 11.6 Å². The number of ether oxygens (including phenoxy) is 1. The SMILES string of the molecule is Cc1nn(C)c(Oc2ccc([N+](=O)[O-])cc2F)c1CN. The second-order valence-electron chi connectivity index (χ2n) is 4.17. The van der Waals surface area contributed by atoms with E-state index in [0.717, 1.165) is 6.07 Å². The van der Waals surface area contributed by atoms with Gasteiger partial charge in [-0.2, -0.15) is 5.10 Å². The largest absolute Gasteiger partial charge is 0.436 e. The van der Waals surface area contributed by atoms with Crippen molar-refractivity contribution >= 4 is 5.69 Å². The first-order chi connectivity index (χ1) is 9.43. The summed E-state index contributed by atoms with van der Waals surface area (Å²) in [6, 6.07) is 3.18. The van der Waals surface area contributed by atoms with Gasteiger partial charge in [-0.25, -0.2) is 9.07 Å². The van der Waals surface area contributed by atoms with Crippen molar-refractivity contribution < 1.29 is 14.1 Å². The number of hydrogen-bond donors (Lipinski definition) is 1. The molecule has 0 saturated heterocycles. The summed E-state index contributed by atoms with van der Waals surface area (Å²) in [5, 5.41) is 14.7. The zero-order chi connectivity index (χ0) is 14.9. The highest BCUT2D eigenvalue weighted by Crippen LogP contribution is 2.30. The number of halogens is 1. The normalized spacial score (nSPS) is 10.6. The second kappa shape index (κ2) is 5.25. The second-order valence-corrected chi connectivity index (χ2v) is 4.17. The van der Waals surface area contributed by atoms with Gasteiger partial charge in [0.2, 0.25) is 5.88 Å². The number of non-ortho nitro benzene ring substituents is 1. The fourth-order valence-electron chi connectivity index (χ4n) is 1.83. The lowest BCUT2D eigenvalue weighted by atomic mass is 10.2. The Morgan fingerprint density at radius 2 is 2.25 bits per heavy atom. The van der Waals surface area contributed by atoms with Crippen molar-refractivity contribution in [3.63, 3.8) is 0 Å². The van der Waals surface area contributed by atoms with Gasteiger partial charge in [-0.05, 0) is 13.0 Å². The highest BCUT2D eigenvalue weighted by Gasteiger charge is 2.17. The van der Waals surface area contributed by atoms with E-state index in [1.165, 1.54) is 16.8 Å². The van der Waals surface area contributed by atoms with Crippen molar-refractivity contribution in [1.29, 1.82) is 0 Å². The number of hydrogen-bond acceptors (Lipinski definition) is 5. The molecule has 106 valence electrons. The molecule has 0 spiro atoms. The maximum Gasteiger partial charge on any atom is 0.272 e. The Morgan fingerprint density at radius 1 is 1.55 bits per heavy atom. The molecule has 0 aliphatic rings. The molecule has 0 bridgehead atoms. The summed E-state index contributed by atoms with van der Waals surface area (Å²) < 4.78 is 20.7. The zero-order valence-corrected chi connectivity index (χ0v) is 11.0. The molecule has 0 amide bonds. The van der Waals surface area contributed by atoms with Crippen LogP contribution in [0.15, 0.2) is 18.2 Å². The first kappa shape index (κ1) is 13.9. The lowest BCUT2D eigenvalue weighted by molar-refractivity contribution is -0.385. The first-order valence-electron chi connectivity index (χ1n) is 5.78. The van der Waals surface area contributed by atoms with Gasteiger partial charge in [0.05, 0.1) is 22.2 Å². The highest BCUT2D eigenvalue weighted by atomic mass is 19.1. The fraction of sp³-hybridized carbons (Fsp3) is 0.250. The summed E-state index contributed by atoms with van der Waals surface area (Å²) >= 11 is 0. The average Bonchev–Trinajstić information content (AvgIpc) is 2.65. The van der Waals surface area contributed by atoms with E-state index in [1.54, 1.807) is 14.0 Å². The smallest absolute Gasteiger partial charge is 0.272 e. The number of aryl methyl sites for hydroxylation is 2. The summed E-state index contributed by atoms with van der Waals surface area (Å²) in [7, 11) is 1.64. The van der Waals surface area contributed by atoms with Crippen LogP contribution < -0.4 is 10.5 Å². The molecule has 0 unspecified atom stereocenters. The van der Waals surface area contributed by atoms with E-state index in [0.29, 0.717) is 17.1 Å². The minimum Gasteiger partial charge on any atom is -0.436 e. The summed E-state index contributed by atoms with van der Waals surface area (Å²) in [4.78, 5) is 9.87. The van der Waals surface area contributed by atoms with Gasteiger partial charge < -0.3 is 10.5 Å². The van der Waals surface area contributed by atoms with E-state index in [-0.39, 0.29) is 18.0 Å². The van der Waals surface area contributed by atoms with E-state index < -0.39 is 10.7 Å².